The fourth-order valence-electron chi connectivity index (χ4n) is 5.33. The molecule has 1 heterocycles. The number of nitrogens with one attached hydrogen (secondary N) is 1. The molecule has 3 unspecified atom stereocenters. The van der Waals surface area contributed by atoms with Gasteiger partial charge in [-0.3, -0.25) is 14.4 Å². The zero-order valence-corrected chi connectivity index (χ0v) is 22.9. The van der Waals surface area contributed by atoms with Crippen molar-refractivity contribution in [2.45, 2.75) is 50.7 Å². The van der Waals surface area contributed by atoms with Crippen molar-refractivity contribution in [2.24, 2.45) is 5.73 Å². The van der Waals surface area contributed by atoms with Crippen LogP contribution in [0.2, 0.25) is 0 Å². The molecule has 1 saturated heterocycles. The van der Waals surface area contributed by atoms with Gasteiger partial charge in [-0.05, 0) is 46.9 Å². The van der Waals surface area contributed by atoms with Crippen LogP contribution in [0.4, 0.5) is 4.39 Å². The summed E-state index contributed by atoms with van der Waals surface area (Å²) in [4.78, 5) is 43.9. The fourth-order valence-corrected chi connectivity index (χ4v) is 5.33. The van der Waals surface area contributed by atoms with E-state index in [0.717, 1.165) is 21.9 Å². The number of carbonyl (C=O) groups excluding carboxylic acids is 3. The van der Waals surface area contributed by atoms with E-state index in [1.807, 2.05) is 49.4 Å². The van der Waals surface area contributed by atoms with E-state index in [1.54, 1.807) is 28.0 Å². The summed E-state index contributed by atoms with van der Waals surface area (Å²) in [6.45, 7) is 6.42. The maximum Gasteiger partial charge on any atom is 0.246 e. The van der Waals surface area contributed by atoms with E-state index < -0.39 is 18.1 Å². The first-order valence-corrected chi connectivity index (χ1v) is 13.8. The Morgan fingerprint density at radius 1 is 1.05 bits per heavy atom. The molecule has 3 amide bonds. The molecule has 0 bridgehead atoms. The van der Waals surface area contributed by atoms with Crippen molar-refractivity contribution in [1.82, 2.24) is 15.1 Å². The number of hydrogen-bond donors (Lipinski definition) is 2. The minimum Gasteiger partial charge on any atom is -0.351 e. The lowest BCUT2D eigenvalue weighted by molar-refractivity contribution is -0.156. The first-order chi connectivity index (χ1) is 19.3. The molecule has 0 aromatic heterocycles. The Bertz CT molecular complexity index is 1360. The van der Waals surface area contributed by atoms with Gasteiger partial charge in [0.2, 0.25) is 17.7 Å². The van der Waals surface area contributed by atoms with Crippen molar-refractivity contribution < 1.29 is 18.8 Å². The number of piperazine rings is 1. The van der Waals surface area contributed by atoms with Crippen LogP contribution in [-0.4, -0.2) is 65.3 Å². The van der Waals surface area contributed by atoms with E-state index in [9.17, 15) is 18.8 Å². The van der Waals surface area contributed by atoms with Gasteiger partial charge >= 0.3 is 0 Å². The van der Waals surface area contributed by atoms with E-state index in [2.05, 4.69) is 11.9 Å². The minimum absolute atomic E-state index is 0.216. The monoisotopic (exact) mass is 544 g/mol. The highest BCUT2D eigenvalue weighted by molar-refractivity contribution is 5.94. The molecule has 3 N–H and O–H groups in total. The maximum absolute atomic E-state index is 13.9. The number of fused-ring (bicyclic) bond motifs is 1. The second-order valence-corrected chi connectivity index (χ2v) is 10.2. The molecule has 1 fully saturated rings. The summed E-state index contributed by atoms with van der Waals surface area (Å²) in [5.74, 6) is -1.19. The van der Waals surface area contributed by atoms with Gasteiger partial charge in [-0.25, -0.2) is 4.39 Å². The molecular formula is C32H37FN4O3. The van der Waals surface area contributed by atoms with Crippen LogP contribution in [0.1, 0.15) is 30.9 Å². The van der Waals surface area contributed by atoms with E-state index in [-0.39, 0.29) is 49.6 Å². The third kappa shape index (κ3) is 6.74. The Hall–Kier alpha value is -4.04. The van der Waals surface area contributed by atoms with Gasteiger partial charge < -0.3 is 20.9 Å². The first-order valence-electron chi connectivity index (χ1n) is 13.8. The SMILES string of the molecule is C=CCNC(=O)C(Cc1ccc2ccccc2c1)N1CCN(C(=O)C(N)Cc2ccc(F)cc2)C(CCC)C1=O. The highest BCUT2D eigenvalue weighted by Gasteiger charge is 2.42. The predicted molar refractivity (Wildman–Crippen MR) is 155 cm³/mol. The Morgan fingerprint density at radius 2 is 1.75 bits per heavy atom. The van der Waals surface area contributed by atoms with Crippen LogP contribution in [0.3, 0.4) is 0 Å². The minimum atomic E-state index is -0.867. The molecule has 1 aliphatic heterocycles. The summed E-state index contributed by atoms with van der Waals surface area (Å²) in [7, 11) is 0. The van der Waals surface area contributed by atoms with Gasteiger partial charge in [-0.1, -0.05) is 74.0 Å². The number of benzene rings is 3. The number of nitrogens with two attached hydrogens (primary N) is 1. The summed E-state index contributed by atoms with van der Waals surface area (Å²) in [5.41, 5.74) is 7.97. The summed E-state index contributed by atoms with van der Waals surface area (Å²) >= 11 is 0. The summed E-state index contributed by atoms with van der Waals surface area (Å²) < 4.78 is 13.3. The molecule has 0 spiro atoms. The molecule has 4 rings (SSSR count). The average molecular weight is 545 g/mol. The van der Waals surface area contributed by atoms with Gasteiger partial charge in [-0.15, -0.1) is 6.58 Å². The molecule has 210 valence electrons. The van der Waals surface area contributed by atoms with Crippen LogP contribution in [-0.2, 0) is 27.2 Å². The largest absolute Gasteiger partial charge is 0.351 e. The number of carbonyl (C=O) groups is 3. The van der Waals surface area contributed by atoms with Gasteiger partial charge in [0, 0.05) is 26.1 Å². The van der Waals surface area contributed by atoms with Gasteiger partial charge in [0.1, 0.15) is 17.9 Å². The summed E-state index contributed by atoms with van der Waals surface area (Å²) in [6, 6.07) is 17.6. The Balaban J connectivity index is 1.55. The molecule has 3 aromatic carbocycles. The van der Waals surface area contributed by atoms with Crippen molar-refractivity contribution in [1.29, 1.82) is 0 Å². The van der Waals surface area contributed by atoms with Crippen LogP contribution in [0.15, 0.2) is 79.4 Å². The van der Waals surface area contributed by atoms with Crippen molar-refractivity contribution in [3.05, 3.63) is 96.3 Å². The van der Waals surface area contributed by atoms with Gasteiger partial charge in [-0.2, -0.15) is 0 Å². The van der Waals surface area contributed by atoms with Crippen LogP contribution < -0.4 is 11.1 Å². The molecule has 0 radical (unpaired) electrons. The molecule has 1 aliphatic rings. The second kappa shape index (κ2) is 13.3. The zero-order valence-electron chi connectivity index (χ0n) is 22.9. The topological polar surface area (TPSA) is 95.7 Å². The van der Waals surface area contributed by atoms with Crippen LogP contribution in [0.5, 0.6) is 0 Å². The Kier molecular flexibility index (Phi) is 9.66. The molecular weight excluding hydrogens is 507 g/mol. The van der Waals surface area contributed by atoms with Crippen molar-refractivity contribution in [3.63, 3.8) is 0 Å². The molecule has 7 nitrogen and oxygen atoms in total. The maximum atomic E-state index is 13.9. The first kappa shape index (κ1) is 29.0. The highest BCUT2D eigenvalue weighted by atomic mass is 19.1. The molecule has 8 heteroatoms. The molecule has 3 atom stereocenters. The Labute approximate surface area is 234 Å². The third-order valence-electron chi connectivity index (χ3n) is 7.40. The second-order valence-electron chi connectivity index (χ2n) is 10.2. The van der Waals surface area contributed by atoms with E-state index in [0.29, 0.717) is 19.3 Å². The van der Waals surface area contributed by atoms with Crippen molar-refractivity contribution >= 4 is 28.5 Å². The van der Waals surface area contributed by atoms with Crippen LogP contribution in [0, 0.1) is 5.82 Å². The summed E-state index contributed by atoms with van der Waals surface area (Å²) in [5, 5.41) is 5.02. The smallest absolute Gasteiger partial charge is 0.246 e. The van der Waals surface area contributed by atoms with E-state index >= 15 is 0 Å². The molecule has 40 heavy (non-hydrogen) atoms. The fraction of sp³-hybridized carbons (Fsp3) is 0.344. The molecule has 0 saturated carbocycles. The number of amides is 3. The summed E-state index contributed by atoms with van der Waals surface area (Å²) in [6.07, 6.45) is 3.32. The van der Waals surface area contributed by atoms with Crippen molar-refractivity contribution in [2.75, 3.05) is 19.6 Å². The predicted octanol–water partition coefficient (Wildman–Crippen LogP) is 3.60. The number of halogens is 1. The number of hydrogen-bond acceptors (Lipinski definition) is 4. The van der Waals surface area contributed by atoms with Gasteiger partial charge in [0.15, 0.2) is 0 Å². The number of nitrogens with zero attached hydrogens (tertiary/aromatic N) is 2. The van der Waals surface area contributed by atoms with E-state index in [4.69, 9.17) is 5.73 Å². The lowest BCUT2D eigenvalue weighted by atomic mass is 9.96. The quantitative estimate of drug-likeness (QED) is 0.361. The zero-order chi connectivity index (χ0) is 28.6. The molecule has 3 aromatic rings. The normalized spacial score (nSPS) is 17.0. The van der Waals surface area contributed by atoms with Crippen LogP contribution >= 0.6 is 0 Å². The van der Waals surface area contributed by atoms with Gasteiger partial charge in [0.05, 0.1) is 6.04 Å². The molecule has 0 aliphatic carbocycles. The lowest BCUT2D eigenvalue weighted by Gasteiger charge is -2.44. The van der Waals surface area contributed by atoms with Gasteiger partial charge in [0.25, 0.3) is 0 Å². The highest BCUT2D eigenvalue weighted by Crippen LogP contribution is 2.23. The van der Waals surface area contributed by atoms with Crippen LogP contribution in [0.25, 0.3) is 10.8 Å². The van der Waals surface area contributed by atoms with Crippen molar-refractivity contribution in [3.8, 4) is 0 Å². The standard InChI is InChI=1S/C32H37FN4O3/c1-3-7-28-32(40)37(18-17-36(28)31(39)27(34)20-22-11-14-26(33)15-12-22)29(30(38)35-16-4-2)21-23-10-13-24-8-5-6-9-25(24)19-23/h4-6,8-15,19,27-29H,2-3,7,16-18,20-21,34H2,1H3,(H,35,38). The number of rotatable bonds is 11. The van der Waals surface area contributed by atoms with E-state index in [1.165, 1.54) is 12.1 Å². The average Bonchev–Trinajstić information content (AvgIpc) is 2.96. The Morgan fingerprint density at radius 3 is 2.45 bits per heavy atom. The lowest BCUT2D eigenvalue weighted by Crippen LogP contribution is -2.65. The third-order valence-corrected chi connectivity index (χ3v) is 7.40.